The van der Waals surface area contributed by atoms with Crippen LogP contribution in [0.4, 0.5) is 16.2 Å². The van der Waals surface area contributed by atoms with Crippen molar-refractivity contribution in [3.8, 4) is 5.75 Å². The highest BCUT2D eigenvalue weighted by molar-refractivity contribution is 7.94. The van der Waals surface area contributed by atoms with Crippen molar-refractivity contribution in [3.05, 3.63) is 47.5 Å². The number of rotatable bonds is 4. The third kappa shape index (κ3) is 3.73. The van der Waals surface area contributed by atoms with E-state index in [1.807, 2.05) is 0 Å². The van der Waals surface area contributed by atoms with Gasteiger partial charge in [0.2, 0.25) is 0 Å². The van der Waals surface area contributed by atoms with Crippen molar-refractivity contribution in [1.82, 2.24) is 0 Å². The highest BCUT2D eigenvalue weighted by atomic mass is 35.5. The van der Waals surface area contributed by atoms with E-state index in [1.165, 1.54) is 54.4 Å². The molecule has 3 rings (SSSR count). The maximum atomic E-state index is 13.0. The summed E-state index contributed by atoms with van der Waals surface area (Å²) in [5, 5.41) is 10.2. The van der Waals surface area contributed by atoms with Crippen LogP contribution >= 0.6 is 11.6 Å². The molecule has 2 amide bonds. The molecule has 0 unspecified atom stereocenters. The Morgan fingerprint density at radius 3 is 2.37 bits per heavy atom. The van der Waals surface area contributed by atoms with Gasteiger partial charge in [-0.1, -0.05) is 11.6 Å². The molecule has 2 aromatic carbocycles. The molecule has 0 radical (unpaired) electrons. The fourth-order valence-electron chi connectivity index (χ4n) is 2.59. The number of aliphatic hydroxyl groups is 1. The molecule has 2 aromatic rings. The molecule has 0 bridgehead atoms. The average Bonchev–Trinajstić information content (AvgIpc) is 2.59. The lowest BCUT2D eigenvalue weighted by Gasteiger charge is -2.34. The number of carbonyl (C=O) groups excluding carboxylic acids is 1. The van der Waals surface area contributed by atoms with Crippen LogP contribution < -0.4 is 13.9 Å². The number of carbonyl (C=O) groups is 1. The van der Waals surface area contributed by atoms with Crippen molar-refractivity contribution in [2.24, 2.45) is 0 Å². The van der Waals surface area contributed by atoms with Gasteiger partial charge in [0, 0.05) is 18.1 Å². The Bertz CT molecular complexity index is 984. The van der Waals surface area contributed by atoms with Crippen LogP contribution in [0.1, 0.15) is 13.8 Å². The number of anilines is 2. The molecular weight excluding hydrogens is 392 g/mol. The molecule has 1 N–H and O–H groups in total. The monoisotopic (exact) mass is 410 g/mol. The fraction of sp³-hybridized carbons (Fsp3) is 0.278. The van der Waals surface area contributed by atoms with E-state index in [2.05, 4.69) is 0 Å². The van der Waals surface area contributed by atoms with E-state index in [0.717, 1.165) is 4.31 Å². The van der Waals surface area contributed by atoms with Gasteiger partial charge in [0.1, 0.15) is 17.3 Å². The van der Waals surface area contributed by atoms with Gasteiger partial charge in [0.25, 0.3) is 10.0 Å². The minimum Gasteiger partial charge on any atom is -0.491 e. The minimum absolute atomic E-state index is 0.0184. The summed E-state index contributed by atoms with van der Waals surface area (Å²) in [4.78, 5) is 14.0. The van der Waals surface area contributed by atoms with Crippen molar-refractivity contribution >= 4 is 39.0 Å². The average molecular weight is 411 g/mol. The van der Waals surface area contributed by atoms with Gasteiger partial charge in [0.05, 0.1) is 17.0 Å². The normalized spacial score (nSPS) is 16.3. The van der Waals surface area contributed by atoms with Gasteiger partial charge >= 0.3 is 6.03 Å². The Morgan fingerprint density at radius 2 is 1.78 bits per heavy atom. The van der Waals surface area contributed by atoms with E-state index in [4.69, 9.17) is 16.3 Å². The lowest BCUT2D eigenvalue weighted by atomic mass is 10.2. The van der Waals surface area contributed by atoms with Crippen LogP contribution in [-0.4, -0.2) is 38.8 Å². The summed E-state index contributed by atoms with van der Waals surface area (Å²) < 4.78 is 32.3. The number of sulfonamides is 1. The number of ether oxygens (including phenoxy) is 1. The third-order valence-electron chi connectivity index (χ3n) is 3.92. The number of halogens is 1. The van der Waals surface area contributed by atoms with Crippen LogP contribution in [0.15, 0.2) is 47.4 Å². The van der Waals surface area contributed by atoms with Gasteiger partial charge in [-0.15, -0.1) is 0 Å². The predicted molar refractivity (Wildman–Crippen MR) is 103 cm³/mol. The molecule has 1 aliphatic heterocycles. The first-order valence-corrected chi connectivity index (χ1v) is 9.90. The molecule has 9 heteroatoms. The van der Waals surface area contributed by atoms with Gasteiger partial charge < -0.3 is 9.84 Å². The Labute approximate surface area is 162 Å². The van der Waals surface area contributed by atoms with Crippen molar-refractivity contribution in [2.75, 3.05) is 22.9 Å². The summed E-state index contributed by atoms with van der Waals surface area (Å²) in [5.74, 6) is 0.352. The fourth-order valence-corrected chi connectivity index (χ4v) is 4.34. The second kappa shape index (κ2) is 6.70. The summed E-state index contributed by atoms with van der Waals surface area (Å²) in [6, 6.07) is 9.60. The van der Waals surface area contributed by atoms with Crippen molar-refractivity contribution in [1.29, 1.82) is 0 Å². The zero-order valence-electron chi connectivity index (χ0n) is 15.0. The molecule has 1 heterocycles. The van der Waals surface area contributed by atoms with Gasteiger partial charge in [-0.05, 0) is 50.2 Å². The lowest BCUT2D eigenvalue weighted by Crippen LogP contribution is -2.49. The molecule has 7 nitrogen and oxygen atoms in total. The van der Waals surface area contributed by atoms with E-state index >= 15 is 0 Å². The summed E-state index contributed by atoms with van der Waals surface area (Å²) in [6.45, 7) is 3.21. The SMILES string of the molecule is CN1C(=O)N(c2ccc(Cl)cc2)S(=O)(=O)c2ccc(OCC(C)(C)O)cc21. The number of amides is 2. The number of hydrogen-bond acceptors (Lipinski definition) is 5. The quantitative estimate of drug-likeness (QED) is 0.835. The molecule has 27 heavy (non-hydrogen) atoms. The van der Waals surface area contributed by atoms with E-state index in [9.17, 15) is 18.3 Å². The van der Waals surface area contributed by atoms with E-state index in [1.54, 1.807) is 13.8 Å². The van der Waals surface area contributed by atoms with Crippen LogP contribution in [-0.2, 0) is 10.0 Å². The largest absolute Gasteiger partial charge is 0.491 e. The predicted octanol–water partition coefficient (Wildman–Crippen LogP) is 3.25. The van der Waals surface area contributed by atoms with Gasteiger partial charge in [0.15, 0.2) is 0 Å². The van der Waals surface area contributed by atoms with Crippen molar-refractivity contribution in [2.45, 2.75) is 24.3 Å². The first kappa shape index (κ1) is 19.5. The van der Waals surface area contributed by atoms with Gasteiger partial charge in [-0.25, -0.2) is 13.2 Å². The maximum Gasteiger partial charge on any atom is 0.342 e. The zero-order valence-corrected chi connectivity index (χ0v) is 16.6. The lowest BCUT2D eigenvalue weighted by molar-refractivity contribution is 0.0285. The molecule has 1 aliphatic rings. The molecular formula is C18H19ClN2O5S. The molecule has 0 saturated heterocycles. The van der Waals surface area contributed by atoms with E-state index in [0.29, 0.717) is 10.8 Å². The zero-order chi connectivity index (χ0) is 20.0. The summed E-state index contributed by atoms with van der Waals surface area (Å²) in [7, 11) is -2.61. The highest BCUT2D eigenvalue weighted by Gasteiger charge is 2.41. The van der Waals surface area contributed by atoms with Crippen LogP contribution in [0, 0.1) is 0 Å². The Balaban J connectivity index is 2.04. The van der Waals surface area contributed by atoms with E-state index in [-0.39, 0.29) is 22.9 Å². The summed E-state index contributed by atoms with van der Waals surface area (Å²) >= 11 is 5.85. The Kier molecular flexibility index (Phi) is 4.83. The topological polar surface area (TPSA) is 87.2 Å². The van der Waals surface area contributed by atoms with Gasteiger partial charge in [-0.2, -0.15) is 4.31 Å². The molecule has 0 aromatic heterocycles. The number of urea groups is 1. The summed E-state index contributed by atoms with van der Waals surface area (Å²) in [5.41, 5.74) is -0.641. The molecule has 0 fully saturated rings. The molecule has 0 atom stereocenters. The van der Waals surface area contributed by atoms with Crippen molar-refractivity contribution < 1.29 is 23.1 Å². The van der Waals surface area contributed by atoms with Crippen molar-refractivity contribution in [3.63, 3.8) is 0 Å². The van der Waals surface area contributed by atoms with Crippen LogP contribution in [0.5, 0.6) is 5.75 Å². The van der Waals surface area contributed by atoms with Crippen LogP contribution in [0.25, 0.3) is 0 Å². The number of fused-ring (bicyclic) bond motifs is 1. The van der Waals surface area contributed by atoms with E-state index < -0.39 is 21.7 Å². The van der Waals surface area contributed by atoms with Crippen LogP contribution in [0.3, 0.4) is 0 Å². The first-order chi connectivity index (χ1) is 12.5. The van der Waals surface area contributed by atoms with Crippen LogP contribution in [0.2, 0.25) is 5.02 Å². The molecule has 0 aliphatic carbocycles. The molecule has 144 valence electrons. The Hall–Kier alpha value is -2.29. The minimum atomic E-state index is -4.10. The number of nitrogens with zero attached hydrogens (tertiary/aromatic N) is 2. The molecule has 0 spiro atoms. The molecule has 0 saturated carbocycles. The Morgan fingerprint density at radius 1 is 1.15 bits per heavy atom. The maximum absolute atomic E-state index is 13.0. The van der Waals surface area contributed by atoms with Gasteiger partial charge in [-0.3, -0.25) is 4.90 Å². The smallest absolute Gasteiger partial charge is 0.342 e. The summed E-state index contributed by atoms with van der Waals surface area (Å²) in [6.07, 6.45) is 0. The third-order valence-corrected chi connectivity index (χ3v) is 5.92. The first-order valence-electron chi connectivity index (χ1n) is 8.08. The second-order valence-electron chi connectivity index (χ2n) is 6.82. The standard InChI is InChI=1S/C18H19ClN2O5S/c1-18(2,23)11-26-14-8-9-16-15(10-14)20(3)17(22)21(27(16,24)25)13-6-4-12(19)5-7-13/h4-10,23H,11H2,1-3H3. The number of hydrogen-bond donors (Lipinski definition) is 1. The highest BCUT2D eigenvalue weighted by Crippen LogP contribution is 2.38. The second-order valence-corrected chi connectivity index (χ2v) is 9.01. The number of benzene rings is 2.